The van der Waals surface area contributed by atoms with Crippen molar-refractivity contribution >= 4 is 67.8 Å². The Morgan fingerprint density at radius 1 is 0.875 bits per heavy atom. The average Bonchev–Trinajstić information content (AvgIpc) is 3.47. The van der Waals surface area contributed by atoms with Crippen LogP contribution >= 0.6 is 11.6 Å². The third-order valence-corrected chi connectivity index (χ3v) is 9.22. The van der Waals surface area contributed by atoms with E-state index in [1.165, 1.54) is 6.92 Å². The van der Waals surface area contributed by atoms with Crippen LogP contribution in [0.25, 0.3) is 10.9 Å². The number of aromatic amines is 1. The Morgan fingerprint density at radius 3 is 1.96 bits per heavy atom. The van der Waals surface area contributed by atoms with Crippen LogP contribution in [-0.2, 0) is 35.7 Å². The van der Waals surface area contributed by atoms with Crippen LogP contribution in [0.1, 0.15) is 57.0 Å². The maximum Gasteiger partial charge on any atom is 0.485 e. The topological polar surface area (TPSA) is 232 Å². The van der Waals surface area contributed by atoms with Gasteiger partial charge in [-0.1, -0.05) is 57.5 Å². The largest absolute Gasteiger partial charge is 0.741 e. The van der Waals surface area contributed by atoms with E-state index < -0.39 is 69.3 Å². The molecule has 7 N–H and O–H groups in total. The Labute approximate surface area is 328 Å². The first-order valence-corrected chi connectivity index (χ1v) is 19.1. The van der Waals surface area contributed by atoms with Gasteiger partial charge < -0.3 is 36.5 Å². The number of para-hydroxylation sites is 1. The minimum absolute atomic E-state index is 0.0981. The zero-order valence-corrected chi connectivity index (χ0v) is 33.8. The van der Waals surface area contributed by atoms with Gasteiger partial charge in [0.05, 0.1) is 31.7 Å². The molecule has 0 saturated carbocycles. The molecule has 0 aliphatic rings. The molecule has 0 unspecified atom stereocenters. The second-order valence-corrected chi connectivity index (χ2v) is 16.5. The monoisotopic (exact) mass is 831 g/mol. The fraction of sp³-hybridized carbons (Fsp3) is 0.472. The molecule has 0 saturated heterocycles. The molecule has 15 nitrogen and oxygen atoms in total. The van der Waals surface area contributed by atoms with Crippen molar-refractivity contribution in [2.75, 3.05) is 21.1 Å². The lowest BCUT2D eigenvalue weighted by Crippen LogP contribution is -2.59. The van der Waals surface area contributed by atoms with Crippen LogP contribution in [0.15, 0.2) is 48.7 Å². The third-order valence-electron chi connectivity index (χ3n) is 8.34. The number of carbonyl (C=O) groups is 5. The Morgan fingerprint density at radius 2 is 1.46 bits per heavy atom. The molecule has 0 aliphatic heterocycles. The molecule has 1 aromatic heterocycles. The fourth-order valence-electron chi connectivity index (χ4n) is 5.24. The lowest BCUT2D eigenvalue weighted by atomic mass is 9.99. The summed E-state index contributed by atoms with van der Waals surface area (Å²) in [6, 6.07) is 8.67. The van der Waals surface area contributed by atoms with Gasteiger partial charge in [-0.2, -0.15) is 13.2 Å². The third kappa shape index (κ3) is 13.8. The number of primary amides is 1. The first kappa shape index (κ1) is 47.4. The number of benzene rings is 2. The smallest absolute Gasteiger partial charge is 0.485 e. The molecule has 4 atom stereocenters. The van der Waals surface area contributed by atoms with Crippen molar-refractivity contribution in [1.82, 2.24) is 30.7 Å². The summed E-state index contributed by atoms with van der Waals surface area (Å²) in [6.07, 6.45) is 2.24. The number of H-pyrrole nitrogens is 1. The number of halogens is 4. The lowest BCUT2D eigenvalue weighted by Gasteiger charge is -2.27. The summed E-state index contributed by atoms with van der Waals surface area (Å²) in [6.45, 7) is 8.79. The second kappa shape index (κ2) is 19.4. The van der Waals surface area contributed by atoms with E-state index in [0.29, 0.717) is 10.9 Å². The van der Waals surface area contributed by atoms with Crippen LogP contribution in [0.2, 0.25) is 5.02 Å². The van der Waals surface area contributed by atoms with Crippen molar-refractivity contribution in [2.24, 2.45) is 17.6 Å². The molecule has 0 bridgehead atoms. The number of nitrogens with one attached hydrogen (secondary N) is 5. The maximum atomic E-state index is 13.8. The van der Waals surface area contributed by atoms with E-state index >= 15 is 0 Å². The van der Waals surface area contributed by atoms with Crippen molar-refractivity contribution < 1.29 is 50.1 Å². The summed E-state index contributed by atoms with van der Waals surface area (Å²) in [4.78, 5) is 68.8. The van der Waals surface area contributed by atoms with Crippen molar-refractivity contribution in [3.63, 3.8) is 0 Å². The summed E-state index contributed by atoms with van der Waals surface area (Å²) >= 11 is 6.53. The van der Waals surface area contributed by atoms with Crippen LogP contribution in [0, 0.1) is 11.8 Å². The molecule has 0 fully saturated rings. The number of quaternary nitrogens is 1. The van der Waals surface area contributed by atoms with E-state index in [4.69, 9.17) is 30.3 Å². The number of fused-ring (bicyclic) bond motifs is 1. The number of nitrogens with zero attached hydrogens (tertiary/aromatic N) is 1. The molecule has 0 radical (unpaired) electrons. The highest BCUT2D eigenvalue weighted by molar-refractivity contribution is 7.86. The molecule has 3 rings (SSSR count). The van der Waals surface area contributed by atoms with Crippen molar-refractivity contribution in [3.8, 4) is 0 Å². The molecule has 56 heavy (non-hydrogen) atoms. The van der Waals surface area contributed by atoms with Gasteiger partial charge in [0.25, 0.3) is 5.91 Å². The second-order valence-electron chi connectivity index (χ2n) is 14.7. The van der Waals surface area contributed by atoms with Gasteiger partial charge in [0.15, 0.2) is 10.1 Å². The van der Waals surface area contributed by atoms with Gasteiger partial charge in [0, 0.05) is 29.6 Å². The standard InChI is InChI=1S/C35H48ClN7O5.CHF3O3S/c1-19(2)15-28(31(37)44)40-35(48)30(20(3)4)42-32(45)21(5)39-34(47)29(16-22-18-38-27-12-10-9-11-24(22)27)41-33(46)25-14-13-23(17-26(25)36)43(6,7)8;2-1(3,4)8(5,6)7/h9-14,17-21,28-30,38H,15-16H2,1-8H3,(H5-,37,39,40,41,42,44,45,46,47,48);(H,5,6,7)/t21-,28-,29-,30-;/m0./s1. The molecular formula is C36H49ClF3N7O8S. The number of nitrogens with two attached hydrogens (primary N) is 1. The Balaban J connectivity index is 0.00000122. The summed E-state index contributed by atoms with van der Waals surface area (Å²) in [5.41, 5.74) is 2.60. The quantitative estimate of drug-likeness (QED) is 0.0755. The number of alkyl halides is 3. The molecule has 0 aliphatic carbocycles. The highest BCUT2D eigenvalue weighted by Gasteiger charge is 2.37. The van der Waals surface area contributed by atoms with Crippen molar-refractivity contribution in [3.05, 3.63) is 64.8 Å². The summed E-state index contributed by atoms with van der Waals surface area (Å²) in [5.74, 6) is -3.24. The van der Waals surface area contributed by atoms with Crippen LogP contribution in [0.5, 0.6) is 0 Å². The van der Waals surface area contributed by atoms with Crippen LogP contribution in [0.4, 0.5) is 18.9 Å². The predicted molar refractivity (Wildman–Crippen MR) is 205 cm³/mol. The van der Waals surface area contributed by atoms with Gasteiger partial charge in [-0.05, 0) is 48.9 Å². The number of hydrogen-bond acceptors (Lipinski definition) is 8. The molecule has 2 aromatic carbocycles. The number of amides is 5. The normalized spacial score (nSPS) is 14.2. The van der Waals surface area contributed by atoms with Gasteiger partial charge in [0.2, 0.25) is 23.6 Å². The van der Waals surface area contributed by atoms with Crippen molar-refractivity contribution in [2.45, 2.75) is 77.1 Å². The van der Waals surface area contributed by atoms with E-state index in [1.54, 1.807) is 38.2 Å². The summed E-state index contributed by atoms with van der Waals surface area (Å²) < 4.78 is 59.4. The first-order chi connectivity index (χ1) is 25.6. The fourth-order valence-corrected chi connectivity index (χ4v) is 5.50. The first-order valence-electron chi connectivity index (χ1n) is 17.3. The van der Waals surface area contributed by atoms with Gasteiger partial charge in [-0.15, -0.1) is 0 Å². The molecule has 3 aromatic rings. The van der Waals surface area contributed by atoms with Crippen molar-refractivity contribution in [1.29, 1.82) is 0 Å². The van der Waals surface area contributed by atoms with Gasteiger partial charge in [-0.3, -0.25) is 28.5 Å². The summed E-state index contributed by atoms with van der Waals surface area (Å²) in [7, 11) is -0.159. The number of carbonyl (C=O) groups excluding carboxylic acids is 5. The SMILES string of the molecule is CC(C)C[C@H](NC(=O)[C@@H](NC(=O)[C@H](C)NC(=O)[C@H](Cc1c[nH]c2ccccc12)NC(=O)c1ccc([N+](C)(C)C)cc1Cl)C(C)C)C(N)=O.O=S(=O)([O-])C(F)(F)F. The molecular weight excluding hydrogens is 783 g/mol. The lowest BCUT2D eigenvalue weighted by molar-refractivity contribution is -0.134. The van der Waals surface area contributed by atoms with E-state index in [9.17, 15) is 37.1 Å². The molecule has 0 spiro atoms. The van der Waals surface area contributed by atoms with Gasteiger partial charge in [0.1, 0.15) is 29.9 Å². The molecule has 5 amide bonds. The minimum atomic E-state index is -6.09. The van der Waals surface area contributed by atoms with Crippen LogP contribution in [-0.4, -0.2) is 98.3 Å². The number of hydrogen-bond donors (Lipinski definition) is 6. The molecule has 1 heterocycles. The zero-order valence-electron chi connectivity index (χ0n) is 32.2. The Kier molecular flexibility index (Phi) is 16.5. The number of rotatable bonds is 15. The summed E-state index contributed by atoms with van der Waals surface area (Å²) in [5, 5.41) is 12.0. The van der Waals surface area contributed by atoms with E-state index in [1.807, 2.05) is 59.3 Å². The molecule has 310 valence electrons. The Bertz CT molecular complexity index is 2000. The van der Waals surface area contributed by atoms with E-state index in [2.05, 4.69) is 26.3 Å². The zero-order chi connectivity index (χ0) is 42.9. The Hall–Kier alpha value is -4.72. The molecule has 20 heteroatoms. The minimum Gasteiger partial charge on any atom is -0.741 e. The predicted octanol–water partition coefficient (Wildman–Crippen LogP) is 3.07. The van der Waals surface area contributed by atoms with E-state index in [0.717, 1.165) is 22.2 Å². The van der Waals surface area contributed by atoms with E-state index in [-0.39, 0.29) is 28.8 Å². The highest BCUT2D eigenvalue weighted by atomic mass is 35.5. The van der Waals surface area contributed by atoms with Crippen LogP contribution in [0.3, 0.4) is 0 Å². The highest BCUT2D eigenvalue weighted by Crippen LogP contribution is 2.26. The number of aromatic nitrogens is 1. The average molecular weight is 832 g/mol. The van der Waals surface area contributed by atoms with Gasteiger partial charge in [-0.25, -0.2) is 8.42 Å². The van der Waals surface area contributed by atoms with Crippen LogP contribution < -0.4 is 31.5 Å². The maximum absolute atomic E-state index is 13.8. The van der Waals surface area contributed by atoms with Gasteiger partial charge >= 0.3 is 5.51 Å².